The normalized spacial score (nSPS) is 31.9. The minimum Gasteiger partial charge on any atom is -0.266 e. The van der Waals surface area contributed by atoms with E-state index in [1.165, 1.54) is 69.1 Å². The van der Waals surface area contributed by atoms with Crippen LogP contribution in [0, 0.1) is 11.8 Å². The Morgan fingerprint density at radius 3 is 2.00 bits per heavy atom. The van der Waals surface area contributed by atoms with Crippen LogP contribution in [-0.4, -0.2) is 5.71 Å². The van der Waals surface area contributed by atoms with E-state index in [1.807, 2.05) is 0 Å². The van der Waals surface area contributed by atoms with E-state index in [4.69, 9.17) is 0 Å². The number of rotatable bonds is 0. The number of hydrogen-bond donors (Lipinski definition) is 0. The van der Waals surface area contributed by atoms with Crippen LogP contribution < -0.4 is 0 Å². The van der Waals surface area contributed by atoms with Crippen molar-refractivity contribution in [2.24, 2.45) is 16.8 Å². The summed E-state index contributed by atoms with van der Waals surface area (Å²) in [6, 6.07) is 0. The maximum atomic E-state index is 4.60. The summed E-state index contributed by atoms with van der Waals surface area (Å²) in [6.45, 7) is 4.52. The summed E-state index contributed by atoms with van der Waals surface area (Å²) in [4.78, 5) is 4.60. The smallest absolute Gasteiger partial charge is 0.0259 e. The third-order valence-corrected chi connectivity index (χ3v) is 4.61. The molecule has 1 fully saturated rings. The lowest BCUT2D eigenvalue weighted by molar-refractivity contribution is 0.394. The fourth-order valence-corrected chi connectivity index (χ4v) is 3.45. The van der Waals surface area contributed by atoms with E-state index in [0.717, 1.165) is 11.8 Å². The summed E-state index contributed by atoms with van der Waals surface area (Å²) in [7, 11) is 0. The second kappa shape index (κ2) is 6.37. The summed E-state index contributed by atoms with van der Waals surface area (Å²) in [5, 5.41) is 0. The Morgan fingerprint density at radius 1 is 0.824 bits per heavy atom. The molecular weight excluding hydrogens is 206 g/mol. The molecule has 2 aliphatic rings. The molecule has 0 N–H and O–H groups in total. The average Bonchev–Trinajstić information content (AvgIpc) is 2.38. The number of aliphatic imine (C=N–C) groups is 1. The second-order valence-corrected chi connectivity index (χ2v) is 5.91. The van der Waals surface area contributed by atoms with Gasteiger partial charge in [-0.3, -0.25) is 4.99 Å². The number of allylic oxidation sites excluding steroid dienone is 1. The van der Waals surface area contributed by atoms with Crippen LogP contribution >= 0.6 is 0 Å². The zero-order valence-corrected chi connectivity index (χ0v) is 11.5. The third-order valence-electron chi connectivity index (χ3n) is 4.61. The molecule has 0 spiro atoms. The Bertz CT molecular complexity index is 271. The van der Waals surface area contributed by atoms with Crippen molar-refractivity contribution in [3.63, 3.8) is 0 Å². The highest BCUT2D eigenvalue weighted by atomic mass is 14.7. The SMILES string of the molecule is CC1=CN=C(C)C2CCCCCCCCCC12. The van der Waals surface area contributed by atoms with Gasteiger partial charge in [-0.15, -0.1) is 0 Å². The van der Waals surface area contributed by atoms with Gasteiger partial charge in [-0.05, 0) is 32.6 Å². The van der Waals surface area contributed by atoms with E-state index in [9.17, 15) is 0 Å². The molecular formula is C16H27N. The highest BCUT2D eigenvalue weighted by Gasteiger charge is 2.27. The van der Waals surface area contributed by atoms with Crippen LogP contribution in [0.3, 0.4) is 0 Å². The maximum absolute atomic E-state index is 4.60. The molecule has 2 unspecified atom stereocenters. The zero-order chi connectivity index (χ0) is 12.1. The summed E-state index contributed by atoms with van der Waals surface area (Å²) in [6.07, 6.45) is 14.9. The first kappa shape index (κ1) is 12.9. The molecule has 0 saturated heterocycles. The molecule has 1 nitrogen and oxygen atoms in total. The van der Waals surface area contributed by atoms with Crippen molar-refractivity contribution in [2.45, 2.75) is 71.6 Å². The van der Waals surface area contributed by atoms with Crippen LogP contribution in [0.4, 0.5) is 0 Å². The van der Waals surface area contributed by atoms with Gasteiger partial charge in [-0.1, -0.05) is 50.5 Å². The van der Waals surface area contributed by atoms with E-state index in [-0.39, 0.29) is 0 Å². The van der Waals surface area contributed by atoms with Crippen molar-refractivity contribution in [3.8, 4) is 0 Å². The summed E-state index contributed by atoms with van der Waals surface area (Å²) in [5.74, 6) is 1.55. The van der Waals surface area contributed by atoms with Crippen molar-refractivity contribution in [3.05, 3.63) is 11.8 Å². The molecule has 2 rings (SSSR count). The van der Waals surface area contributed by atoms with Crippen LogP contribution in [0.1, 0.15) is 71.6 Å². The van der Waals surface area contributed by atoms with Crippen molar-refractivity contribution in [1.29, 1.82) is 0 Å². The fraction of sp³-hybridized carbons (Fsp3) is 0.812. The second-order valence-electron chi connectivity index (χ2n) is 5.91. The highest BCUT2D eigenvalue weighted by molar-refractivity contribution is 5.86. The molecule has 1 aliphatic carbocycles. The first-order valence-corrected chi connectivity index (χ1v) is 7.50. The Balaban J connectivity index is 2.05. The molecule has 0 bridgehead atoms. The van der Waals surface area contributed by atoms with Gasteiger partial charge in [-0.25, -0.2) is 0 Å². The minimum atomic E-state index is 0.748. The lowest BCUT2D eigenvalue weighted by atomic mass is 9.76. The van der Waals surface area contributed by atoms with Crippen molar-refractivity contribution in [1.82, 2.24) is 0 Å². The van der Waals surface area contributed by atoms with Gasteiger partial charge >= 0.3 is 0 Å². The summed E-state index contributed by atoms with van der Waals surface area (Å²) >= 11 is 0. The van der Waals surface area contributed by atoms with Crippen molar-refractivity contribution < 1.29 is 0 Å². The van der Waals surface area contributed by atoms with E-state index in [0.29, 0.717) is 0 Å². The van der Waals surface area contributed by atoms with Crippen LogP contribution in [0.15, 0.2) is 16.8 Å². The zero-order valence-electron chi connectivity index (χ0n) is 11.5. The Kier molecular flexibility index (Phi) is 4.82. The molecule has 1 heteroatoms. The molecule has 0 radical (unpaired) electrons. The fourth-order valence-electron chi connectivity index (χ4n) is 3.45. The van der Waals surface area contributed by atoms with Crippen molar-refractivity contribution in [2.75, 3.05) is 0 Å². The topological polar surface area (TPSA) is 12.4 Å². The van der Waals surface area contributed by atoms with Crippen LogP contribution in [0.5, 0.6) is 0 Å². The van der Waals surface area contributed by atoms with Crippen LogP contribution in [0.2, 0.25) is 0 Å². The van der Waals surface area contributed by atoms with E-state index in [1.54, 1.807) is 0 Å². The van der Waals surface area contributed by atoms with E-state index < -0.39 is 0 Å². The molecule has 0 aromatic rings. The van der Waals surface area contributed by atoms with Crippen LogP contribution in [-0.2, 0) is 0 Å². The Hall–Kier alpha value is -0.590. The predicted molar refractivity (Wildman–Crippen MR) is 75.4 cm³/mol. The molecule has 0 amide bonds. The van der Waals surface area contributed by atoms with Gasteiger partial charge in [0.2, 0.25) is 0 Å². The standard InChI is InChI=1S/C16H27N/c1-13-12-17-14(2)16-11-9-7-5-3-4-6-8-10-15(13)16/h12,15-16H,3-11H2,1-2H3. The first-order valence-electron chi connectivity index (χ1n) is 7.50. The third kappa shape index (κ3) is 3.43. The van der Waals surface area contributed by atoms with Gasteiger partial charge < -0.3 is 0 Å². The molecule has 0 aromatic heterocycles. The van der Waals surface area contributed by atoms with E-state index in [2.05, 4.69) is 25.0 Å². The quantitative estimate of drug-likeness (QED) is 0.550. The largest absolute Gasteiger partial charge is 0.266 e. The van der Waals surface area contributed by atoms with Gasteiger partial charge in [0.1, 0.15) is 0 Å². The van der Waals surface area contributed by atoms with Crippen LogP contribution in [0.25, 0.3) is 0 Å². The minimum absolute atomic E-state index is 0.748. The van der Waals surface area contributed by atoms with E-state index >= 15 is 0 Å². The summed E-state index contributed by atoms with van der Waals surface area (Å²) < 4.78 is 0. The van der Waals surface area contributed by atoms with Gasteiger partial charge in [0.15, 0.2) is 0 Å². The Labute approximate surface area is 106 Å². The monoisotopic (exact) mass is 233 g/mol. The van der Waals surface area contributed by atoms with Gasteiger partial charge in [0.25, 0.3) is 0 Å². The van der Waals surface area contributed by atoms with Gasteiger partial charge in [0.05, 0.1) is 0 Å². The molecule has 2 atom stereocenters. The molecule has 1 heterocycles. The molecule has 0 aromatic carbocycles. The lowest BCUT2D eigenvalue weighted by Gasteiger charge is -2.30. The highest BCUT2D eigenvalue weighted by Crippen LogP contribution is 2.35. The first-order chi connectivity index (χ1) is 8.29. The van der Waals surface area contributed by atoms with Crippen molar-refractivity contribution >= 4 is 5.71 Å². The predicted octanol–water partition coefficient (Wildman–Crippen LogP) is 5.12. The van der Waals surface area contributed by atoms with Gasteiger partial charge in [-0.2, -0.15) is 0 Å². The average molecular weight is 233 g/mol. The molecule has 96 valence electrons. The number of hydrogen-bond acceptors (Lipinski definition) is 1. The lowest BCUT2D eigenvalue weighted by Crippen LogP contribution is -2.25. The maximum Gasteiger partial charge on any atom is 0.0259 e. The molecule has 17 heavy (non-hydrogen) atoms. The molecule has 1 saturated carbocycles. The molecule has 1 aliphatic heterocycles. The Morgan fingerprint density at radius 2 is 1.35 bits per heavy atom. The number of nitrogens with zero attached hydrogens (tertiary/aromatic N) is 1. The van der Waals surface area contributed by atoms with Gasteiger partial charge in [0, 0.05) is 17.8 Å². The summed E-state index contributed by atoms with van der Waals surface area (Å²) in [5.41, 5.74) is 2.92. The number of fused-ring (bicyclic) bond motifs is 1.